The summed E-state index contributed by atoms with van der Waals surface area (Å²) in [4.78, 5) is 12.5. The second-order valence-electron chi connectivity index (χ2n) is 3.81. The predicted octanol–water partition coefficient (Wildman–Crippen LogP) is 2.37. The number of hydrogen-bond donors (Lipinski definition) is 2. The van der Waals surface area contributed by atoms with Crippen molar-refractivity contribution in [1.29, 1.82) is 0 Å². The van der Waals surface area contributed by atoms with E-state index in [1.165, 1.54) is 4.88 Å². The number of carbonyl (C=O) groups excluding carboxylic acids is 1. The van der Waals surface area contributed by atoms with E-state index in [1.54, 1.807) is 11.3 Å². The lowest BCUT2D eigenvalue weighted by molar-refractivity contribution is -0.123. The summed E-state index contributed by atoms with van der Waals surface area (Å²) in [5.41, 5.74) is 0. The Kier molecular flexibility index (Phi) is 6.01. The van der Waals surface area contributed by atoms with Gasteiger partial charge in [0.15, 0.2) is 0 Å². The second kappa shape index (κ2) is 7.04. The Bertz CT molecular complexity index is 338. The highest BCUT2D eigenvalue weighted by molar-refractivity contribution is 9.10. The molecule has 0 atom stereocenters. The first-order valence-electron chi connectivity index (χ1n) is 5.31. The molecule has 0 saturated carbocycles. The molecule has 16 heavy (non-hydrogen) atoms. The number of thiophene rings is 1. The molecular weight excluding hydrogens is 288 g/mol. The number of nitrogens with one attached hydrogen (secondary N) is 2. The number of hydrogen-bond acceptors (Lipinski definition) is 3. The fraction of sp³-hybridized carbons (Fsp3) is 0.545. The van der Waals surface area contributed by atoms with Crippen molar-refractivity contribution < 1.29 is 4.79 Å². The van der Waals surface area contributed by atoms with E-state index in [1.807, 2.05) is 19.9 Å². The van der Waals surface area contributed by atoms with Crippen molar-refractivity contribution in [2.45, 2.75) is 20.4 Å². The Morgan fingerprint density at radius 3 is 2.81 bits per heavy atom. The summed E-state index contributed by atoms with van der Waals surface area (Å²) < 4.78 is 1.15. The minimum absolute atomic E-state index is 0.0615. The molecule has 0 unspecified atom stereocenters. The van der Waals surface area contributed by atoms with E-state index >= 15 is 0 Å². The zero-order valence-electron chi connectivity index (χ0n) is 9.55. The molecule has 1 aromatic heterocycles. The van der Waals surface area contributed by atoms with Gasteiger partial charge in [-0.3, -0.25) is 4.79 Å². The lowest BCUT2D eigenvalue weighted by Crippen LogP contribution is -2.33. The number of carbonyl (C=O) groups is 1. The van der Waals surface area contributed by atoms with Crippen LogP contribution in [0.2, 0.25) is 0 Å². The lowest BCUT2D eigenvalue weighted by atomic mass is 10.2. The molecule has 5 heteroatoms. The van der Waals surface area contributed by atoms with E-state index in [0.717, 1.165) is 17.6 Å². The molecule has 0 aromatic carbocycles. The highest BCUT2D eigenvalue weighted by Gasteiger charge is 2.05. The largest absolute Gasteiger partial charge is 0.355 e. The van der Waals surface area contributed by atoms with Crippen LogP contribution in [0.25, 0.3) is 0 Å². The normalized spacial score (nSPS) is 10.8. The molecular formula is C11H17BrN2OS. The molecule has 90 valence electrons. The van der Waals surface area contributed by atoms with Crippen molar-refractivity contribution >= 4 is 33.2 Å². The van der Waals surface area contributed by atoms with Crippen molar-refractivity contribution in [3.05, 3.63) is 20.8 Å². The molecule has 1 rings (SSSR count). The van der Waals surface area contributed by atoms with E-state index in [2.05, 4.69) is 31.9 Å². The maximum absolute atomic E-state index is 11.2. The molecule has 3 nitrogen and oxygen atoms in total. The van der Waals surface area contributed by atoms with E-state index in [0.29, 0.717) is 6.54 Å². The van der Waals surface area contributed by atoms with Gasteiger partial charge in [0.25, 0.3) is 0 Å². The maximum Gasteiger partial charge on any atom is 0.222 e. The van der Waals surface area contributed by atoms with E-state index in [4.69, 9.17) is 0 Å². The first-order chi connectivity index (χ1) is 7.61. The van der Waals surface area contributed by atoms with Gasteiger partial charge in [-0.1, -0.05) is 13.8 Å². The fourth-order valence-electron chi connectivity index (χ4n) is 1.13. The average Bonchev–Trinajstić information content (AvgIpc) is 2.63. The summed E-state index contributed by atoms with van der Waals surface area (Å²) in [5.74, 6) is 0.172. The summed E-state index contributed by atoms with van der Waals surface area (Å²) in [5, 5.41) is 8.21. The molecule has 1 heterocycles. The highest BCUT2D eigenvalue weighted by atomic mass is 79.9. The third kappa shape index (κ3) is 4.63. The Morgan fingerprint density at radius 2 is 2.25 bits per heavy atom. The standard InChI is InChI=1S/C11H17BrN2OS/c1-8(2)11(15)14-5-4-13-7-10-9(12)3-6-16-10/h3,6,8,13H,4-5,7H2,1-2H3,(H,14,15). The van der Waals surface area contributed by atoms with Gasteiger partial charge in [0.2, 0.25) is 5.91 Å². The van der Waals surface area contributed by atoms with E-state index < -0.39 is 0 Å². The first-order valence-corrected chi connectivity index (χ1v) is 6.99. The molecule has 0 spiro atoms. The second-order valence-corrected chi connectivity index (χ2v) is 5.67. The molecule has 1 amide bonds. The molecule has 0 aliphatic heterocycles. The number of rotatable bonds is 6. The zero-order valence-corrected chi connectivity index (χ0v) is 12.0. The van der Waals surface area contributed by atoms with Crippen LogP contribution >= 0.6 is 27.3 Å². The van der Waals surface area contributed by atoms with Crippen LogP contribution in [0.15, 0.2) is 15.9 Å². The van der Waals surface area contributed by atoms with Crippen LogP contribution in [0, 0.1) is 5.92 Å². The summed E-state index contributed by atoms with van der Waals surface area (Å²) in [6, 6.07) is 2.04. The summed E-state index contributed by atoms with van der Waals surface area (Å²) in [7, 11) is 0. The third-order valence-electron chi connectivity index (χ3n) is 2.10. The van der Waals surface area contributed by atoms with Crippen LogP contribution in [0.4, 0.5) is 0 Å². The lowest BCUT2D eigenvalue weighted by Gasteiger charge is -2.08. The third-order valence-corrected chi connectivity index (χ3v) is 4.03. The van der Waals surface area contributed by atoms with Gasteiger partial charge >= 0.3 is 0 Å². The summed E-state index contributed by atoms with van der Waals surface area (Å²) in [6.45, 7) is 6.11. The van der Waals surface area contributed by atoms with E-state index in [9.17, 15) is 4.79 Å². The molecule has 0 saturated heterocycles. The van der Waals surface area contributed by atoms with Gasteiger partial charge in [0.05, 0.1) is 0 Å². The van der Waals surface area contributed by atoms with Crippen molar-refractivity contribution in [3.8, 4) is 0 Å². The highest BCUT2D eigenvalue weighted by Crippen LogP contribution is 2.21. The predicted molar refractivity (Wildman–Crippen MR) is 71.6 cm³/mol. The van der Waals surface area contributed by atoms with Gasteiger partial charge in [-0.15, -0.1) is 11.3 Å². The van der Waals surface area contributed by atoms with Gasteiger partial charge < -0.3 is 10.6 Å². The smallest absolute Gasteiger partial charge is 0.222 e. The van der Waals surface area contributed by atoms with Crippen LogP contribution in [0.3, 0.4) is 0 Å². The quantitative estimate of drug-likeness (QED) is 0.792. The minimum Gasteiger partial charge on any atom is -0.355 e. The molecule has 2 N–H and O–H groups in total. The zero-order chi connectivity index (χ0) is 12.0. The monoisotopic (exact) mass is 304 g/mol. The van der Waals surface area contributed by atoms with Gasteiger partial charge in [-0.25, -0.2) is 0 Å². The maximum atomic E-state index is 11.2. The molecule has 0 fully saturated rings. The topological polar surface area (TPSA) is 41.1 Å². The van der Waals surface area contributed by atoms with Gasteiger partial charge in [-0.2, -0.15) is 0 Å². The number of halogens is 1. The summed E-state index contributed by atoms with van der Waals surface area (Å²) in [6.07, 6.45) is 0. The van der Waals surface area contributed by atoms with Crippen molar-refractivity contribution in [2.24, 2.45) is 5.92 Å². The first kappa shape index (κ1) is 13.7. The van der Waals surface area contributed by atoms with Crippen LogP contribution in [-0.4, -0.2) is 19.0 Å². The molecule has 0 radical (unpaired) electrons. The van der Waals surface area contributed by atoms with Crippen LogP contribution in [0.5, 0.6) is 0 Å². The Balaban J connectivity index is 2.09. The van der Waals surface area contributed by atoms with Crippen molar-refractivity contribution in [2.75, 3.05) is 13.1 Å². The Hall–Kier alpha value is -0.390. The molecule has 0 bridgehead atoms. The van der Waals surface area contributed by atoms with Gasteiger partial charge in [0.1, 0.15) is 0 Å². The average molecular weight is 305 g/mol. The van der Waals surface area contributed by atoms with Crippen molar-refractivity contribution in [3.63, 3.8) is 0 Å². The molecule has 0 aliphatic rings. The molecule has 0 aliphatic carbocycles. The van der Waals surface area contributed by atoms with Gasteiger partial charge in [0, 0.05) is 34.9 Å². The Labute approximate surface area is 109 Å². The SMILES string of the molecule is CC(C)C(=O)NCCNCc1sccc1Br. The number of amides is 1. The van der Waals surface area contributed by atoms with Crippen molar-refractivity contribution in [1.82, 2.24) is 10.6 Å². The summed E-state index contributed by atoms with van der Waals surface area (Å²) >= 11 is 5.20. The van der Waals surface area contributed by atoms with Crippen LogP contribution in [0.1, 0.15) is 18.7 Å². The fourth-order valence-corrected chi connectivity index (χ4v) is 2.59. The van der Waals surface area contributed by atoms with Crippen LogP contribution < -0.4 is 10.6 Å². The minimum atomic E-state index is 0.0615. The van der Waals surface area contributed by atoms with E-state index in [-0.39, 0.29) is 11.8 Å². The molecule has 1 aromatic rings. The van der Waals surface area contributed by atoms with Crippen LogP contribution in [-0.2, 0) is 11.3 Å². The Morgan fingerprint density at radius 1 is 1.50 bits per heavy atom. The van der Waals surface area contributed by atoms with Gasteiger partial charge in [-0.05, 0) is 27.4 Å².